The van der Waals surface area contributed by atoms with E-state index in [0.29, 0.717) is 18.4 Å². The van der Waals surface area contributed by atoms with Gasteiger partial charge in [-0.05, 0) is 33.9 Å². The number of phenolic OH excluding ortho intramolecular Hbond substituents is 1. The molecule has 0 unspecified atom stereocenters. The van der Waals surface area contributed by atoms with E-state index >= 15 is 0 Å². The van der Waals surface area contributed by atoms with Gasteiger partial charge in [0.2, 0.25) is 0 Å². The van der Waals surface area contributed by atoms with Gasteiger partial charge in [-0.25, -0.2) is 8.42 Å². The van der Waals surface area contributed by atoms with E-state index in [4.69, 9.17) is 18.1 Å². The molecule has 0 saturated carbocycles. The predicted octanol–water partition coefficient (Wildman–Crippen LogP) is 0.170. The van der Waals surface area contributed by atoms with E-state index in [9.17, 15) is 9.90 Å². The molecule has 0 aliphatic heterocycles. The van der Waals surface area contributed by atoms with Gasteiger partial charge in [-0.2, -0.15) is 0 Å². The van der Waals surface area contributed by atoms with Crippen LogP contribution in [0.5, 0.6) is 5.75 Å². The van der Waals surface area contributed by atoms with Crippen LogP contribution in [0.4, 0.5) is 0 Å². The van der Waals surface area contributed by atoms with Crippen molar-refractivity contribution in [2.45, 2.75) is 65.2 Å². The summed E-state index contributed by atoms with van der Waals surface area (Å²) in [5.74, 6) is -0.461. The summed E-state index contributed by atoms with van der Waals surface area (Å²) in [6, 6.07) is 3.88. The van der Waals surface area contributed by atoms with Crippen LogP contribution in [0.3, 0.4) is 0 Å². The number of rotatable bonds is 3. The number of carboxylic acids is 1. The van der Waals surface area contributed by atoms with Crippen LogP contribution >= 0.6 is 0 Å². The maximum Gasteiger partial charge on any atom is 1.00 e. The molecule has 0 aromatic heterocycles. The second-order valence-corrected chi connectivity index (χ2v) is 9.55. The average Bonchev–Trinajstić information content (AvgIpc) is 2.32. The van der Waals surface area contributed by atoms with Crippen molar-refractivity contribution in [1.29, 1.82) is 0 Å². The van der Waals surface area contributed by atoms with Crippen LogP contribution in [-0.2, 0) is 32.2 Å². The number of hydrogen-bond donors (Lipinski definition) is 2. The van der Waals surface area contributed by atoms with Gasteiger partial charge in [0.15, 0.2) is 0 Å². The molecule has 0 fully saturated rings. The summed E-state index contributed by atoms with van der Waals surface area (Å²) in [5.41, 5.74) is 2.38. The van der Waals surface area contributed by atoms with Gasteiger partial charge in [0, 0.05) is 12.7 Å². The zero-order valence-corrected chi connectivity index (χ0v) is 19.8. The van der Waals surface area contributed by atoms with Crippen molar-refractivity contribution in [3.63, 3.8) is 0 Å². The normalized spacial score (nSPS) is 11.8. The molecule has 1 aromatic rings. The Balaban J connectivity index is 0. The third-order valence-electron chi connectivity index (χ3n) is 3.41. The summed E-state index contributed by atoms with van der Waals surface area (Å²) in [4.78, 5) is 10.8. The van der Waals surface area contributed by atoms with Crippen LogP contribution in [0.25, 0.3) is 0 Å². The van der Waals surface area contributed by atoms with Gasteiger partial charge in [0.1, 0.15) is 5.75 Å². The van der Waals surface area contributed by atoms with Crippen molar-refractivity contribution >= 4 is 16.1 Å². The van der Waals surface area contributed by atoms with Crippen LogP contribution in [-0.4, -0.2) is 35.4 Å². The van der Waals surface area contributed by atoms with Crippen LogP contribution in [0.15, 0.2) is 12.1 Å². The Morgan fingerprint density at radius 1 is 1.04 bits per heavy atom. The summed E-state index contributed by atoms with van der Waals surface area (Å²) < 4.78 is 27.2. The van der Waals surface area contributed by atoms with Gasteiger partial charge in [0.25, 0.3) is 0 Å². The minimum Gasteiger partial charge on any atom is -0.748 e. The molecule has 26 heavy (non-hydrogen) atoms. The molecule has 0 saturated heterocycles. The summed E-state index contributed by atoms with van der Waals surface area (Å²) in [6.07, 6.45) is 1.20. The molecule has 2 N–H and O–H groups in total. The van der Waals surface area contributed by atoms with E-state index in [-0.39, 0.29) is 46.8 Å². The Hall–Kier alpha value is -0.600. The number of aryl methyl sites for hydroxylation is 1. The van der Waals surface area contributed by atoms with Crippen molar-refractivity contribution in [2.75, 3.05) is 6.26 Å². The van der Waals surface area contributed by atoms with Crippen molar-refractivity contribution in [1.82, 2.24) is 0 Å². The van der Waals surface area contributed by atoms with Crippen LogP contribution in [0, 0.1) is 0 Å². The summed E-state index contributed by atoms with van der Waals surface area (Å²) in [6.45, 7) is 12.3. The summed E-state index contributed by atoms with van der Waals surface area (Å²) >= 11 is 0. The molecule has 0 aliphatic rings. The van der Waals surface area contributed by atoms with Crippen molar-refractivity contribution < 1.29 is 57.5 Å². The summed E-state index contributed by atoms with van der Waals surface area (Å²) in [5, 5.41) is 19.4. The Morgan fingerprint density at radius 2 is 1.35 bits per heavy atom. The van der Waals surface area contributed by atoms with E-state index in [1.165, 1.54) is 0 Å². The molecule has 0 heterocycles. The molecule has 1 aromatic carbocycles. The fraction of sp³-hybridized carbons (Fsp3) is 0.611. The smallest absolute Gasteiger partial charge is 0.748 e. The van der Waals surface area contributed by atoms with Gasteiger partial charge in [-0.3, -0.25) is 4.79 Å². The number of aliphatic carboxylic acids is 1. The van der Waals surface area contributed by atoms with E-state index in [2.05, 4.69) is 41.5 Å². The van der Waals surface area contributed by atoms with E-state index in [0.717, 1.165) is 16.7 Å². The number of carboxylic acid groups (broad SMARTS) is 1. The van der Waals surface area contributed by atoms with Crippen molar-refractivity contribution in [2.24, 2.45) is 0 Å². The Kier molecular flexibility index (Phi) is 10.7. The molecule has 0 amide bonds. The molecule has 0 aliphatic carbocycles. The fourth-order valence-corrected chi connectivity index (χ4v) is 2.23. The fourth-order valence-electron chi connectivity index (χ4n) is 2.23. The monoisotopic (exact) mass is 396 g/mol. The van der Waals surface area contributed by atoms with Crippen LogP contribution in [0.1, 0.15) is 64.7 Å². The van der Waals surface area contributed by atoms with Gasteiger partial charge < -0.3 is 14.8 Å². The first-order valence-corrected chi connectivity index (χ1v) is 9.74. The molecule has 8 heteroatoms. The molecule has 0 spiro atoms. The molecule has 0 bridgehead atoms. The maximum atomic E-state index is 10.8. The van der Waals surface area contributed by atoms with Gasteiger partial charge in [-0.15, -0.1) is 0 Å². The Bertz CT molecular complexity index is 669. The zero-order valence-electron chi connectivity index (χ0n) is 17.0. The standard InChI is InChI=1S/C17H26O3.CH4O3S.Na/c1-16(2,3)12-9-11(7-8-14(18)19)10-13(15(12)20)17(4,5)6;1-5(2,3)4;/h9-10,20H,7-8H2,1-6H3,(H,18,19);1H3,(H,2,3,4);/q;;+1/p-1. The zero-order chi connectivity index (χ0) is 20.2. The van der Waals surface area contributed by atoms with E-state index in [1.807, 2.05) is 12.1 Å². The van der Waals surface area contributed by atoms with E-state index in [1.54, 1.807) is 0 Å². The molecule has 0 atom stereocenters. The first kappa shape index (κ1) is 27.6. The third kappa shape index (κ3) is 11.2. The minimum atomic E-state index is -3.92. The second kappa shape index (κ2) is 10.1. The Morgan fingerprint density at radius 3 is 1.58 bits per heavy atom. The number of hydrogen-bond acceptors (Lipinski definition) is 5. The van der Waals surface area contributed by atoms with Crippen LogP contribution in [0.2, 0.25) is 0 Å². The molecular formula is C18H29NaO6S. The van der Waals surface area contributed by atoms with Crippen LogP contribution < -0.4 is 29.6 Å². The number of benzene rings is 1. The number of aromatic hydroxyl groups is 1. The van der Waals surface area contributed by atoms with Gasteiger partial charge in [0.05, 0.1) is 10.1 Å². The maximum absolute atomic E-state index is 10.8. The molecule has 1 rings (SSSR count). The van der Waals surface area contributed by atoms with Crippen molar-refractivity contribution in [3.8, 4) is 5.75 Å². The first-order chi connectivity index (χ1) is 10.9. The van der Waals surface area contributed by atoms with E-state index < -0.39 is 16.1 Å². The van der Waals surface area contributed by atoms with Gasteiger partial charge >= 0.3 is 35.5 Å². The topological polar surface area (TPSA) is 115 Å². The SMILES string of the molecule is CC(C)(C)c1cc(CCC(=O)O)cc(C(C)(C)C)c1O.CS(=O)(=O)[O-].[Na+]. The number of carbonyl (C=O) groups is 1. The third-order valence-corrected chi connectivity index (χ3v) is 3.41. The molecular weight excluding hydrogens is 367 g/mol. The summed E-state index contributed by atoms with van der Waals surface area (Å²) in [7, 11) is -3.92. The first-order valence-electron chi connectivity index (χ1n) is 7.92. The van der Waals surface area contributed by atoms with Crippen molar-refractivity contribution in [3.05, 3.63) is 28.8 Å². The average molecular weight is 396 g/mol. The predicted molar refractivity (Wildman–Crippen MR) is 97.1 cm³/mol. The Labute approximate surface area is 179 Å². The number of phenols is 1. The molecule has 144 valence electrons. The second-order valence-electron chi connectivity index (χ2n) is 8.14. The minimum absolute atomic E-state index is 0. The largest absolute Gasteiger partial charge is 1.00 e. The molecule has 0 radical (unpaired) electrons. The molecule has 6 nitrogen and oxygen atoms in total. The quantitative estimate of drug-likeness (QED) is 0.556. The van der Waals surface area contributed by atoms with Gasteiger partial charge in [-0.1, -0.05) is 53.7 Å².